The first-order valence-corrected chi connectivity index (χ1v) is 8.64. The summed E-state index contributed by atoms with van der Waals surface area (Å²) in [7, 11) is 0. The van der Waals surface area contributed by atoms with Gasteiger partial charge in [0.05, 0.1) is 6.04 Å². The van der Waals surface area contributed by atoms with Crippen molar-refractivity contribution < 1.29 is 14.3 Å². The molecule has 132 valence electrons. The maximum absolute atomic E-state index is 12.5. The fourth-order valence-electron chi connectivity index (χ4n) is 2.72. The maximum Gasteiger partial charge on any atom is 0.408 e. The highest BCUT2D eigenvalue weighted by molar-refractivity contribution is 6.33. The molecule has 0 aliphatic carbocycles. The van der Waals surface area contributed by atoms with Gasteiger partial charge >= 0.3 is 6.09 Å². The monoisotopic (exact) mass is 372 g/mol. The molecule has 1 aliphatic heterocycles. The predicted octanol–water partition coefficient (Wildman–Crippen LogP) is 4.18. The molecule has 0 spiro atoms. The smallest absolute Gasteiger partial charge is 0.408 e. The van der Waals surface area contributed by atoms with Crippen molar-refractivity contribution in [2.45, 2.75) is 45.3 Å². The summed E-state index contributed by atoms with van der Waals surface area (Å²) >= 11 is 12.3. The van der Waals surface area contributed by atoms with Crippen molar-refractivity contribution in [2.75, 3.05) is 13.1 Å². The summed E-state index contributed by atoms with van der Waals surface area (Å²) in [6.45, 7) is 5.83. The third-order valence-electron chi connectivity index (χ3n) is 3.67. The van der Waals surface area contributed by atoms with E-state index in [0.717, 1.165) is 18.4 Å². The second-order valence-corrected chi connectivity index (χ2v) is 7.61. The molecule has 0 radical (unpaired) electrons. The topological polar surface area (TPSA) is 58.6 Å². The van der Waals surface area contributed by atoms with Gasteiger partial charge in [-0.3, -0.25) is 4.79 Å². The van der Waals surface area contributed by atoms with Gasteiger partial charge in [-0.2, -0.15) is 0 Å². The molecule has 1 N–H and O–H groups in total. The average molecular weight is 373 g/mol. The Morgan fingerprint density at radius 3 is 2.71 bits per heavy atom. The number of ether oxygens (including phenoxy) is 1. The van der Waals surface area contributed by atoms with Crippen LogP contribution >= 0.6 is 23.2 Å². The minimum atomic E-state index is -0.604. The number of hydrogen-bond donors (Lipinski definition) is 1. The molecular weight excluding hydrogens is 351 g/mol. The van der Waals surface area contributed by atoms with Crippen LogP contribution in [0.25, 0.3) is 0 Å². The third kappa shape index (κ3) is 5.02. The van der Waals surface area contributed by atoms with E-state index in [1.54, 1.807) is 43.9 Å². The molecular formula is C17H22Cl2N2O3. The van der Waals surface area contributed by atoms with Gasteiger partial charge in [-0.15, -0.1) is 0 Å². The molecule has 7 heteroatoms. The Bertz CT molecular complexity index is 629. The summed E-state index contributed by atoms with van der Waals surface area (Å²) in [5, 5.41) is 3.67. The average Bonchev–Trinajstić information content (AvgIpc) is 2.95. The highest BCUT2D eigenvalue weighted by Gasteiger charge is 2.31. The standard InChI is InChI=1S/C17H22Cl2N2O3/c1-17(2,3)24-16(23)20-10-15(22)21-8-4-5-14(21)12-9-11(18)6-7-13(12)19/h6-7,9,14H,4-5,8,10H2,1-3H3,(H,20,23)/t14-/m1/s1. The summed E-state index contributed by atoms with van der Waals surface area (Å²) in [4.78, 5) is 25.9. The van der Waals surface area contributed by atoms with Crippen molar-refractivity contribution in [3.8, 4) is 0 Å². The number of rotatable bonds is 3. The highest BCUT2D eigenvalue weighted by Crippen LogP contribution is 2.37. The molecule has 1 atom stereocenters. The molecule has 5 nitrogen and oxygen atoms in total. The molecule has 1 aliphatic rings. The quantitative estimate of drug-likeness (QED) is 0.865. The Morgan fingerprint density at radius 1 is 1.33 bits per heavy atom. The molecule has 1 saturated heterocycles. The number of carbonyl (C=O) groups excluding carboxylic acids is 2. The lowest BCUT2D eigenvalue weighted by Gasteiger charge is -2.26. The largest absolute Gasteiger partial charge is 0.444 e. The van der Waals surface area contributed by atoms with E-state index < -0.39 is 11.7 Å². The van der Waals surface area contributed by atoms with Gasteiger partial charge in [0.25, 0.3) is 0 Å². The fourth-order valence-corrected chi connectivity index (χ4v) is 3.15. The van der Waals surface area contributed by atoms with E-state index in [4.69, 9.17) is 27.9 Å². The van der Waals surface area contributed by atoms with Crippen LogP contribution in [0.3, 0.4) is 0 Å². The maximum atomic E-state index is 12.5. The molecule has 1 aromatic carbocycles. The summed E-state index contributed by atoms with van der Waals surface area (Å²) in [5.41, 5.74) is 0.240. The fraction of sp³-hybridized carbons (Fsp3) is 0.529. The van der Waals surface area contributed by atoms with E-state index in [9.17, 15) is 9.59 Å². The first-order valence-electron chi connectivity index (χ1n) is 7.88. The molecule has 2 amide bonds. The van der Waals surface area contributed by atoms with Gasteiger partial charge in [-0.1, -0.05) is 23.2 Å². The minimum Gasteiger partial charge on any atom is -0.444 e. The van der Waals surface area contributed by atoms with Gasteiger partial charge in [0.2, 0.25) is 5.91 Å². The van der Waals surface area contributed by atoms with E-state index >= 15 is 0 Å². The molecule has 24 heavy (non-hydrogen) atoms. The van der Waals surface area contributed by atoms with Gasteiger partial charge in [-0.05, 0) is 57.4 Å². The zero-order chi connectivity index (χ0) is 17.9. The lowest BCUT2D eigenvalue weighted by Crippen LogP contribution is -2.41. The molecule has 0 aromatic heterocycles. The van der Waals surface area contributed by atoms with Gasteiger partial charge < -0.3 is 15.0 Å². The second kappa shape index (κ2) is 7.62. The Hall–Kier alpha value is -1.46. The Balaban J connectivity index is 2.01. The van der Waals surface area contributed by atoms with E-state index in [2.05, 4.69) is 5.32 Å². The third-order valence-corrected chi connectivity index (χ3v) is 4.25. The summed E-state index contributed by atoms with van der Waals surface area (Å²) in [5.74, 6) is -0.167. The highest BCUT2D eigenvalue weighted by atomic mass is 35.5. The van der Waals surface area contributed by atoms with Crippen LogP contribution in [0.4, 0.5) is 4.79 Å². The second-order valence-electron chi connectivity index (χ2n) is 6.77. The van der Waals surface area contributed by atoms with Crippen molar-refractivity contribution >= 4 is 35.2 Å². The number of benzene rings is 1. The zero-order valence-electron chi connectivity index (χ0n) is 14.1. The van der Waals surface area contributed by atoms with E-state index in [0.29, 0.717) is 16.6 Å². The van der Waals surface area contributed by atoms with Crippen molar-refractivity contribution in [1.29, 1.82) is 0 Å². The normalized spacial score (nSPS) is 17.7. The minimum absolute atomic E-state index is 0.108. The molecule has 1 aromatic rings. The van der Waals surface area contributed by atoms with Crippen molar-refractivity contribution in [3.05, 3.63) is 33.8 Å². The van der Waals surface area contributed by atoms with Crippen LogP contribution in [-0.4, -0.2) is 35.6 Å². The number of hydrogen-bond acceptors (Lipinski definition) is 3. The molecule has 2 rings (SSSR count). The number of halogens is 2. The lowest BCUT2D eigenvalue weighted by atomic mass is 10.0. The number of nitrogens with one attached hydrogen (secondary N) is 1. The number of nitrogens with zero attached hydrogens (tertiary/aromatic N) is 1. The van der Waals surface area contributed by atoms with Gasteiger partial charge in [0.15, 0.2) is 0 Å². The van der Waals surface area contributed by atoms with Crippen LogP contribution in [0, 0.1) is 0 Å². The van der Waals surface area contributed by atoms with Crippen LogP contribution in [0.15, 0.2) is 18.2 Å². The van der Waals surface area contributed by atoms with Crippen LogP contribution < -0.4 is 5.32 Å². The molecule has 0 bridgehead atoms. The molecule has 1 fully saturated rings. The zero-order valence-corrected chi connectivity index (χ0v) is 15.6. The van der Waals surface area contributed by atoms with Crippen LogP contribution in [0.5, 0.6) is 0 Å². The van der Waals surface area contributed by atoms with Crippen LogP contribution in [0.2, 0.25) is 10.0 Å². The van der Waals surface area contributed by atoms with Gasteiger partial charge in [-0.25, -0.2) is 4.79 Å². The van der Waals surface area contributed by atoms with E-state index in [1.165, 1.54) is 0 Å². The number of amides is 2. The number of carbonyl (C=O) groups is 2. The Morgan fingerprint density at radius 2 is 2.04 bits per heavy atom. The van der Waals surface area contributed by atoms with Gasteiger partial charge in [0, 0.05) is 16.6 Å². The van der Waals surface area contributed by atoms with E-state index in [-0.39, 0.29) is 18.5 Å². The Kier molecular flexibility index (Phi) is 5.99. The first-order chi connectivity index (χ1) is 11.2. The summed E-state index contributed by atoms with van der Waals surface area (Å²) in [6, 6.07) is 5.13. The SMILES string of the molecule is CC(C)(C)OC(=O)NCC(=O)N1CCC[C@@H]1c1cc(Cl)ccc1Cl. The van der Waals surface area contributed by atoms with E-state index in [1.807, 2.05) is 0 Å². The van der Waals surface area contributed by atoms with Crippen LogP contribution in [-0.2, 0) is 9.53 Å². The summed E-state index contributed by atoms with van der Waals surface area (Å²) in [6.07, 6.45) is 1.09. The van der Waals surface area contributed by atoms with Crippen LogP contribution in [0.1, 0.15) is 45.2 Å². The van der Waals surface area contributed by atoms with Crippen molar-refractivity contribution in [2.24, 2.45) is 0 Å². The number of likely N-dealkylation sites (tertiary alicyclic amines) is 1. The van der Waals surface area contributed by atoms with Crippen molar-refractivity contribution in [3.63, 3.8) is 0 Å². The van der Waals surface area contributed by atoms with Crippen molar-refractivity contribution in [1.82, 2.24) is 10.2 Å². The van der Waals surface area contributed by atoms with Gasteiger partial charge in [0.1, 0.15) is 12.1 Å². The molecule has 1 heterocycles. The predicted molar refractivity (Wildman–Crippen MR) is 94.4 cm³/mol. The summed E-state index contributed by atoms with van der Waals surface area (Å²) < 4.78 is 5.14. The first kappa shape index (κ1) is 18.9. The molecule has 0 saturated carbocycles. The number of alkyl carbamates (subject to hydrolysis) is 1. The lowest BCUT2D eigenvalue weighted by molar-refractivity contribution is -0.131. The molecule has 0 unspecified atom stereocenters. The Labute approximate surface area is 152 Å².